The lowest BCUT2D eigenvalue weighted by molar-refractivity contribution is -0.388. The van der Waals surface area contributed by atoms with E-state index < -0.39 is 34.3 Å². The summed E-state index contributed by atoms with van der Waals surface area (Å²) in [5.41, 5.74) is -3.86. The minimum absolute atomic E-state index is 0.182. The zero-order valence-electron chi connectivity index (χ0n) is 8.65. The lowest BCUT2D eigenvalue weighted by Crippen LogP contribution is -2.13. The van der Waals surface area contributed by atoms with Gasteiger partial charge in [-0.25, -0.2) is 0 Å². The molecular formula is C10H4F3N3O2. The Hall–Kier alpha value is -2.61. The zero-order chi connectivity index (χ0) is 13.9. The number of hydrogen-bond acceptors (Lipinski definition) is 4. The molecule has 18 heavy (non-hydrogen) atoms. The highest BCUT2D eigenvalue weighted by Gasteiger charge is 2.42. The van der Waals surface area contributed by atoms with Gasteiger partial charge in [-0.2, -0.15) is 23.7 Å². The maximum Gasteiger partial charge on any atom is 0.424 e. The Labute approximate surface area is 98.8 Å². The topological polar surface area (TPSA) is 90.7 Å². The fourth-order valence-electron chi connectivity index (χ4n) is 1.43. The van der Waals surface area contributed by atoms with E-state index in [1.165, 1.54) is 6.07 Å². The first-order chi connectivity index (χ1) is 8.32. The van der Waals surface area contributed by atoms with Crippen LogP contribution in [-0.4, -0.2) is 4.92 Å². The third-order valence-electron chi connectivity index (χ3n) is 2.13. The van der Waals surface area contributed by atoms with Crippen molar-refractivity contribution in [1.29, 1.82) is 10.5 Å². The summed E-state index contributed by atoms with van der Waals surface area (Å²) in [4.78, 5) is 9.33. The van der Waals surface area contributed by atoms with Crippen molar-refractivity contribution < 1.29 is 18.1 Å². The molecule has 0 aliphatic rings. The van der Waals surface area contributed by atoms with Crippen LogP contribution in [0.2, 0.25) is 0 Å². The molecule has 0 saturated heterocycles. The van der Waals surface area contributed by atoms with E-state index in [9.17, 15) is 23.3 Å². The van der Waals surface area contributed by atoms with Crippen molar-refractivity contribution in [3.05, 3.63) is 38.9 Å². The maximum atomic E-state index is 12.7. The van der Waals surface area contributed by atoms with Gasteiger partial charge in [0, 0.05) is 6.07 Å². The van der Waals surface area contributed by atoms with E-state index in [0.717, 1.165) is 6.07 Å². The third-order valence-corrected chi connectivity index (χ3v) is 2.13. The molecule has 0 saturated carbocycles. The minimum atomic E-state index is -5.03. The van der Waals surface area contributed by atoms with E-state index in [1.807, 2.05) is 0 Å². The largest absolute Gasteiger partial charge is 0.424 e. The summed E-state index contributed by atoms with van der Waals surface area (Å²) in [5, 5.41) is 27.7. The standard InChI is InChI=1S/C10H4F3N3O2/c11-10(12,13)9-7(5-15)6(3-4-14)1-2-8(9)16(17)18/h1-2H,3H2. The van der Waals surface area contributed by atoms with Gasteiger partial charge in [-0.15, -0.1) is 0 Å². The number of rotatable bonds is 2. The van der Waals surface area contributed by atoms with Crippen LogP contribution in [0.5, 0.6) is 0 Å². The Bertz CT molecular complexity index is 582. The molecule has 0 bridgehead atoms. The number of nitro benzene ring substituents is 1. The van der Waals surface area contributed by atoms with Gasteiger partial charge in [0.05, 0.1) is 23.0 Å². The monoisotopic (exact) mass is 255 g/mol. The molecule has 1 rings (SSSR count). The maximum absolute atomic E-state index is 12.7. The van der Waals surface area contributed by atoms with E-state index in [-0.39, 0.29) is 5.56 Å². The number of nitrogens with zero attached hydrogens (tertiary/aromatic N) is 3. The molecular weight excluding hydrogens is 251 g/mol. The number of halogens is 3. The number of nitriles is 2. The van der Waals surface area contributed by atoms with E-state index in [0.29, 0.717) is 6.07 Å². The van der Waals surface area contributed by atoms with E-state index >= 15 is 0 Å². The molecule has 0 heterocycles. The first-order valence-corrected chi connectivity index (χ1v) is 4.47. The SMILES string of the molecule is N#CCc1ccc([N+](=O)[O-])c(C(F)(F)F)c1C#N. The molecule has 0 amide bonds. The van der Waals surface area contributed by atoms with Crippen LogP contribution in [0.3, 0.4) is 0 Å². The molecule has 8 heteroatoms. The molecule has 0 atom stereocenters. The third kappa shape index (κ3) is 2.38. The van der Waals surface area contributed by atoms with E-state index in [2.05, 4.69) is 0 Å². The second-order valence-electron chi connectivity index (χ2n) is 3.20. The molecule has 0 aliphatic heterocycles. The van der Waals surface area contributed by atoms with Crippen LogP contribution in [0.25, 0.3) is 0 Å². The predicted octanol–water partition coefficient (Wildman–Crippen LogP) is 2.55. The summed E-state index contributed by atoms with van der Waals surface area (Å²) in [6.45, 7) is 0. The van der Waals surface area contributed by atoms with Crippen LogP contribution in [0.15, 0.2) is 12.1 Å². The van der Waals surface area contributed by atoms with Gasteiger partial charge in [0.1, 0.15) is 6.07 Å². The fraction of sp³-hybridized carbons (Fsp3) is 0.200. The van der Waals surface area contributed by atoms with Crippen LogP contribution >= 0.6 is 0 Å². The van der Waals surface area contributed by atoms with Crippen LogP contribution in [0, 0.1) is 32.8 Å². The normalized spacial score (nSPS) is 10.5. The van der Waals surface area contributed by atoms with Gasteiger partial charge >= 0.3 is 6.18 Å². The molecule has 1 aromatic carbocycles. The van der Waals surface area contributed by atoms with Crippen molar-refractivity contribution in [2.45, 2.75) is 12.6 Å². The number of benzene rings is 1. The molecule has 5 nitrogen and oxygen atoms in total. The number of hydrogen-bond donors (Lipinski definition) is 0. The molecule has 0 spiro atoms. The van der Waals surface area contributed by atoms with E-state index in [1.54, 1.807) is 6.07 Å². The van der Waals surface area contributed by atoms with Gasteiger partial charge < -0.3 is 0 Å². The molecule has 0 aliphatic carbocycles. The first kappa shape index (κ1) is 13.5. The number of nitro groups is 1. The van der Waals surface area contributed by atoms with Gasteiger partial charge in [0.25, 0.3) is 5.69 Å². The average Bonchev–Trinajstić information content (AvgIpc) is 2.27. The summed E-state index contributed by atoms with van der Waals surface area (Å²) < 4.78 is 38.2. The fourth-order valence-corrected chi connectivity index (χ4v) is 1.43. The Morgan fingerprint density at radius 1 is 1.33 bits per heavy atom. The molecule has 92 valence electrons. The number of alkyl halides is 3. The first-order valence-electron chi connectivity index (χ1n) is 4.47. The summed E-state index contributed by atoms with van der Waals surface area (Å²) in [6.07, 6.45) is -5.46. The minimum Gasteiger partial charge on any atom is -0.258 e. The van der Waals surface area contributed by atoms with Gasteiger partial charge in [-0.3, -0.25) is 10.1 Å². The molecule has 0 unspecified atom stereocenters. The Balaban J connectivity index is 3.70. The van der Waals surface area contributed by atoms with Crippen molar-refractivity contribution in [2.75, 3.05) is 0 Å². The Morgan fingerprint density at radius 3 is 2.33 bits per heavy atom. The van der Waals surface area contributed by atoms with Gasteiger partial charge in [-0.1, -0.05) is 0 Å². The molecule has 0 radical (unpaired) electrons. The van der Waals surface area contributed by atoms with Crippen molar-refractivity contribution >= 4 is 5.69 Å². The molecule has 1 aromatic rings. The van der Waals surface area contributed by atoms with Crippen molar-refractivity contribution in [3.8, 4) is 12.1 Å². The molecule has 0 fully saturated rings. The van der Waals surface area contributed by atoms with Crippen LogP contribution < -0.4 is 0 Å². The van der Waals surface area contributed by atoms with Crippen LogP contribution in [0.1, 0.15) is 16.7 Å². The van der Waals surface area contributed by atoms with Crippen LogP contribution in [-0.2, 0) is 12.6 Å². The van der Waals surface area contributed by atoms with Gasteiger partial charge in [0.2, 0.25) is 0 Å². The van der Waals surface area contributed by atoms with E-state index in [4.69, 9.17) is 10.5 Å². The van der Waals surface area contributed by atoms with Crippen molar-refractivity contribution in [3.63, 3.8) is 0 Å². The van der Waals surface area contributed by atoms with Gasteiger partial charge in [-0.05, 0) is 11.6 Å². The molecule has 0 aromatic heterocycles. The average molecular weight is 255 g/mol. The Morgan fingerprint density at radius 2 is 1.94 bits per heavy atom. The van der Waals surface area contributed by atoms with Gasteiger partial charge in [0.15, 0.2) is 5.56 Å². The highest BCUT2D eigenvalue weighted by molar-refractivity contribution is 5.57. The molecule has 0 N–H and O–H groups in total. The predicted molar refractivity (Wildman–Crippen MR) is 52.1 cm³/mol. The quantitative estimate of drug-likeness (QED) is 0.599. The highest BCUT2D eigenvalue weighted by Crippen LogP contribution is 2.39. The Kier molecular flexibility index (Phi) is 3.53. The second-order valence-corrected chi connectivity index (χ2v) is 3.20. The van der Waals surface area contributed by atoms with Crippen molar-refractivity contribution in [2.24, 2.45) is 0 Å². The van der Waals surface area contributed by atoms with Crippen LogP contribution in [0.4, 0.5) is 18.9 Å². The summed E-state index contributed by atoms with van der Waals surface area (Å²) in [6, 6.07) is 4.50. The highest BCUT2D eigenvalue weighted by atomic mass is 19.4. The summed E-state index contributed by atoms with van der Waals surface area (Å²) >= 11 is 0. The summed E-state index contributed by atoms with van der Waals surface area (Å²) in [7, 11) is 0. The smallest absolute Gasteiger partial charge is 0.258 e. The lowest BCUT2D eigenvalue weighted by Gasteiger charge is -2.11. The zero-order valence-corrected chi connectivity index (χ0v) is 8.65. The lowest BCUT2D eigenvalue weighted by atomic mass is 9.98. The second kappa shape index (κ2) is 4.72. The summed E-state index contributed by atoms with van der Waals surface area (Å²) in [5.74, 6) is 0. The van der Waals surface area contributed by atoms with Crippen molar-refractivity contribution in [1.82, 2.24) is 0 Å².